The number of anilines is 1. The summed E-state index contributed by atoms with van der Waals surface area (Å²) in [6.45, 7) is 0. The Labute approximate surface area is 115 Å². The Morgan fingerprint density at radius 2 is 2.05 bits per heavy atom. The zero-order valence-corrected chi connectivity index (χ0v) is 11.3. The molecule has 0 aliphatic carbocycles. The third kappa shape index (κ3) is 2.45. The van der Waals surface area contributed by atoms with Crippen LogP contribution in [0.25, 0.3) is 22.3 Å². The van der Waals surface area contributed by atoms with E-state index >= 15 is 0 Å². The molecule has 7 nitrogen and oxygen atoms in total. The molecular weight excluding hydrogens is 278 g/mol. The minimum atomic E-state index is -3.40. The van der Waals surface area contributed by atoms with Crippen molar-refractivity contribution in [3.8, 4) is 11.3 Å². The van der Waals surface area contributed by atoms with E-state index in [2.05, 4.69) is 24.7 Å². The van der Waals surface area contributed by atoms with Crippen molar-refractivity contribution < 1.29 is 8.42 Å². The Balaban J connectivity index is 2.08. The van der Waals surface area contributed by atoms with Gasteiger partial charge in [-0.25, -0.2) is 23.4 Å². The lowest BCUT2D eigenvalue weighted by Gasteiger charge is -2.03. The lowest BCUT2D eigenvalue weighted by Crippen LogP contribution is -2.12. The van der Waals surface area contributed by atoms with E-state index in [0.29, 0.717) is 5.69 Å². The van der Waals surface area contributed by atoms with Crippen molar-refractivity contribution in [2.75, 3.05) is 11.0 Å². The number of pyridine rings is 1. The SMILES string of the molecule is CS(=O)(=O)Nc1nccc(-c2c[nH]c3ncccc23)n1. The molecule has 0 aliphatic heterocycles. The second kappa shape index (κ2) is 4.57. The summed E-state index contributed by atoms with van der Waals surface area (Å²) in [6, 6.07) is 5.46. The van der Waals surface area contributed by atoms with Gasteiger partial charge >= 0.3 is 0 Å². The molecule has 0 spiro atoms. The summed E-state index contributed by atoms with van der Waals surface area (Å²) >= 11 is 0. The number of sulfonamides is 1. The van der Waals surface area contributed by atoms with E-state index in [1.54, 1.807) is 18.5 Å². The maximum Gasteiger partial charge on any atom is 0.237 e. The van der Waals surface area contributed by atoms with E-state index in [4.69, 9.17) is 0 Å². The zero-order valence-electron chi connectivity index (χ0n) is 10.5. The number of H-pyrrole nitrogens is 1. The molecule has 3 aromatic heterocycles. The van der Waals surface area contributed by atoms with Crippen LogP contribution in [0, 0.1) is 0 Å². The van der Waals surface area contributed by atoms with Crippen LogP contribution in [0.15, 0.2) is 36.8 Å². The second-order valence-electron chi connectivity index (χ2n) is 4.24. The highest BCUT2D eigenvalue weighted by atomic mass is 32.2. The fourth-order valence-electron chi connectivity index (χ4n) is 1.89. The van der Waals surface area contributed by atoms with E-state index in [1.165, 1.54) is 6.20 Å². The van der Waals surface area contributed by atoms with Gasteiger partial charge in [-0.3, -0.25) is 4.72 Å². The lowest BCUT2D eigenvalue weighted by molar-refractivity contribution is 0.606. The van der Waals surface area contributed by atoms with Crippen molar-refractivity contribution in [1.29, 1.82) is 0 Å². The Hall–Kier alpha value is -2.48. The number of aromatic amines is 1. The monoisotopic (exact) mass is 289 g/mol. The number of aromatic nitrogens is 4. The largest absolute Gasteiger partial charge is 0.345 e. The normalized spacial score (nSPS) is 11.7. The van der Waals surface area contributed by atoms with Crippen molar-refractivity contribution in [3.05, 3.63) is 36.8 Å². The van der Waals surface area contributed by atoms with Crippen molar-refractivity contribution in [2.24, 2.45) is 0 Å². The van der Waals surface area contributed by atoms with E-state index < -0.39 is 10.0 Å². The summed E-state index contributed by atoms with van der Waals surface area (Å²) in [5.74, 6) is 0.0447. The third-order valence-corrected chi connectivity index (χ3v) is 3.21. The van der Waals surface area contributed by atoms with Crippen LogP contribution in [0.4, 0.5) is 5.95 Å². The highest BCUT2D eigenvalue weighted by Gasteiger charge is 2.10. The van der Waals surface area contributed by atoms with Gasteiger partial charge in [-0.15, -0.1) is 0 Å². The van der Waals surface area contributed by atoms with E-state index in [9.17, 15) is 8.42 Å². The molecule has 3 heterocycles. The fourth-order valence-corrected chi connectivity index (χ4v) is 2.32. The zero-order chi connectivity index (χ0) is 14.2. The van der Waals surface area contributed by atoms with Crippen molar-refractivity contribution in [2.45, 2.75) is 0 Å². The lowest BCUT2D eigenvalue weighted by atomic mass is 10.1. The smallest absolute Gasteiger partial charge is 0.237 e. The van der Waals surface area contributed by atoms with E-state index in [1.807, 2.05) is 12.1 Å². The predicted molar refractivity (Wildman–Crippen MR) is 75.6 cm³/mol. The van der Waals surface area contributed by atoms with Gasteiger partial charge in [0.25, 0.3) is 0 Å². The number of nitrogens with one attached hydrogen (secondary N) is 2. The molecule has 0 unspecified atom stereocenters. The highest BCUT2D eigenvalue weighted by Crippen LogP contribution is 2.26. The molecule has 20 heavy (non-hydrogen) atoms. The van der Waals surface area contributed by atoms with Crippen molar-refractivity contribution in [1.82, 2.24) is 19.9 Å². The topological polar surface area (TPSA) is 101 Å². The highest BCUT2D eigenvalue weighted by molar-refractivity contribution is 7.91. The van der Waals surface area contributed by atoms with Gasteiger partial charge in [0.2, 0.25) is 16.0 Å². The van der Waals surface area contributed by atoms with Crippen molar-refractivity contribution >= 4 is 27.0 Å². The number of fused-ring (bicyclic) bond motifs is 1. The molecule has 0 atom stereocenters. The Morgan fingerprint density at radius 1 is 1.20 bits per heavy atom. The molecule has 0 amide bonds. The Kier molecular flexibility index (Phi) is 2.87. The van der Waals surface area contributed by atoms with Gasteiger partial charge in [-0.2, -0.15) is 0 Å². The minimum absolute atomic E-state index is 0.0447. The molecule has 3 aromatic rings. The minimum Gasteiger partial charge on any atom is -0.345 e. The molecule has 0 saturated carbocycles. The maximum atomic E-state index is 11.2. The number of hydrogen-bond donors (Lipinski definition) is 2. The molecule has 0 fully saturated rings. The standard InChI is InChI=1S/C12H11N5O2S/c1-20(18,19)17-12-14-6-4-10(16-12)9-7-15-11-8(9)3-2-5-13-11/h2-7H,1H3,(H,13,15)(H,14,16,17). The molecule has 8 heteroatoms. The van der Waals surface area contributed by atoms with Crippen molar-refractivity contribution in [3.63, 3.8) is 0 Å². The van der Waals surface area contributed by atoms with Crippen LogP contribution in [0.3, 0.4) is 0 Å². The van der Waals surface area contributed by atoms with Gasteiger partial charge in [-0.1, -0.05) is 0 Å². The molecule has 0 bridgehead atoms. The van der Waals surface area contributed by atoms with Crippen LogP contribution in [0.2, 0.25) is 0 Å². The fraction of sp³-hybridized carbons (Fsp3) is 0.0833. The van der Waals surface area contributed by atoms with E-state index in [0.717, 1.165) is 22.9 Å². The first kappa shape index (κ1) is 12.5. The Morgan fingerprint density at radius 3 is 2.85 bits per heavy atom. The van der Waals surface area contributed by atoms with Crippen LogP contribution in [0.1, 0.15) is 0 Å². The molecule has 0 saturated heterocycles. The van der Waals surface area contributed by atoms with Gasteiger partial charge in [0, 0.05) is 29.5 Å². The van der Waals surface area contributed by atoms with E-state index in [-0.39, 0.29) is 5.95 Å². The molecular formula is C12H11N5O2S. The third-order valence-electron chi connectivity index (χ3n) is 2.66. The first-order valence-corrected chi connectivity index (χ1v) is 7.65. The summed E-state index contributed by atoms with van der Waals surface area (Å²) in [5, 5.41) is 0.913. The summed E-state index contributed by atoms with van der Waals surface area (Å²) in [4.78, 5) is 15.3. The van der Waals surface area contributed by atoms with Gasteiger partial charge in [-0.05, 0) is 18.2 Å². The molecule has 2 N–H and O–H groups in total. The van der Waals surface area contributed by atoms with Crippen LogP contribution in [-0.4, -0.2) is 34.6 Å². The maximum absolute atomic E-state index is 11.2. The number of nitrogens with zero attached hydrogens (tertiary/aromatic N) is 3. The first-order chi connectivity index (χ1) is 9.53. The predicted octanol–water partition coefficient (Wildman–Crippen LogP) is 1.39. The van der Waals surface area contributed by atoms with Crippen LogP contribution in [0.5, 0.6) is 0 Å². The number of rotatable bonds is 3. The quantitative estimate of drug-likeness (QED) is 0.759. The van der Waals surface area contributed by atoms with Gasteiger partial charge < -0.3 is 4.98 Å². The molecule has 0 aliphatic rings. The first-order valence-electron chi connectivity index (χ1n) is 5.76. The van der Waals surface area contributed by atoms with Gasteiger partial charge in [0.1, 0.15) is 5.65 Å². The molecule has 0 aromatic carbocycles. The molecule has 102 valence electrons. The molecule has 0 radical (unpaired) electrons. The molecule has 3 rings (SSSR count). The van der Waals surface area contributed by atoms with Crippen LogP contribution < -0.4 is 4.72 Å². The number of hydrogen-bond acceptors (Lipinski definition) is 5. The summed E-state index contributed by atoms with van der Waals surface area (Å²) in [7, 11) is -3.40. The van der Waals surface area contributed by atoms with Crippen LogP contribution in [-0.2, 0) is 10.0 Å². The second-order valence-corrected chi connectivity index (χ2v) is 5.99. The van der Waals surface area contributed by atoms with Crippen LogP contribution >= 0.6 is 0 Å². The average molecular weight is 289 g/mol. The van der Waals surface area contributed by atoms with Gasteiger partial charge in [0.15, 0.2) is 0 Å². The summed E-state index contributed by atoms with van der Waals surface area (Å²) < 4.78 is 24.7. The Bertz CT molecular complexity index is 872. The summed E-state index contributed by atoms with van der Waals surface area (Å²) in [5.41, 5.74) is 2.20. The summed E-state index contributed by atoms with van der Waals surface area (Å²) in [6.07, 6.45) is 6.03. The van der Waals surface area contributed by atoms with Gasteiger partial charge in [0.05, 0.1) is 11.9 Å². The average Bonchev–Trinajstić information content (AvgIpc) is 2.81.